The molecule has 0 aliphatic heterocycles. The first-order valence-corrected chi connectivity index (χ1v) is 8.98. The minimum absolute atomic E-state index is 0.183. The van der Waals surface area contributed by atoms with E-state index in [9.17, 15) is 24.3 Å². The number of carbonyl (C=O) groups is 4. The van der Waals surface area contributed by atoms with Crippen molar-refractivity contribution >= 4 is 36.3 Å². The van der Waals surface area contributed by atoms with Crippen LogP contribution in [-0.4, -0.2) is 82.1 Å². The van der Waals surface area contributed by atoms with E-state index in [2.05, 4.69) is 28.6 Å². The lowest BCUT2D eigenvalue weighted by Gasteiger charge is -2.27. The maximum absolute atomic E-state index is 12.5. The number of carboxylic acid groups (broad SMARTS) is 1. The van der Waals surface area contributed by atoms with Crippen LogP contribution >= 0.6 is 12.6 Å². The Bertz CT molecular complexity index is 534. The van der Waals surface area contributed by atoms with Crippen LogP contribution in [0.5, 0.6) is 0 Å². The van der Waals surface area contributed by atoms with Gasteiger partial charge in [-0.3, -0.25) is 14.4 Å². The van der Waals surface area contributed by atoms with E-state index < -0.39 is 61.1 Å². The lowest BCUT2D eigenvalue weighted by molar-refractivity contribution is -0.142. The highest BCUT2D eigenvalue weighted by atomic mass is 32.1. The van der Waals surface area contributed by atoms with E-state index in [0.717, 1.165) is 0 Å². The van der Waals surface area contributed by atoms with E-state index in [1.807, 2.05) is 0 Å². The van der Waals surface area contributed by atoms with Crippen LogP contribution in [0, 0.1) is 5.92 Å². The average Bonchev–Trinajstić information content (AvgIpc) is 2.65. The van der Waals surface area contributed by atoms with Crippen LogP contribution in [0.15, 0.2) is 0 Å². The van der Waals surface area contributed by atoms with Gasteiger partial charge in [-0.1, -0.05) is 20.3 Å². The highest BCUT2D eigenvalue weighted by molar-refractivity contribution is 7.80. The SMILES string of the molecule is CCC(C)C(NC(=O)C(N)CO)C(=O)NC(CO)C(=O)NC(CS)C(=O)O. The van der Waals surface area contributed by atoms with Crippen LogP contribution in [0.1, 0.15) is 20.3 Å². The summed E-state index contributed by atoms with van der Waals surface area (Å²) in [6.45, 7) is 2.07. The summed E-state index contributed by atoms with van der Waals surface area (Å²) >= 11 is 3.81. The molecule has 0 aromatic heterocycles. The fourth-order valence-corrected chi connectivity index (χ4v) is 2.21. The summed E-state index contributed by atoms with van der Waals surface area (Å²) in [6.07, 6.45) is 0.503. The number of aliphatic hydroxyl groups is 2. The minimum Gasteiger partial charge on any atom is -0.480 e. The minimum atomic E-state index is -1.42. The first-order valence-electron chi connectivity index (χ1n) is 8.34. The first-order chi connectivity index (χ1) is 12.6. The molecule has 0 spiro atoms. The summed E-state index contributed by atoms with van der Waals surface area (Å²) in [7, 11) is 0. The lowest BCUT2D eigenvalue weighted by Crippen LogP contribution is -2.59. The standard InChI is InChI=1S/C15H28N4O7S/c1-3-7(2)11(19-12(22)8(16)4-20)14(24)17-9(5-21)13(23)18-10(6-27)15(25)26/h7-11,20-21,27H,3-6,16H2,1-2H3,(H,17,24)(H,18,23)(H,19,22)(H,25,26). The number of thiol groups is 1. The van der Waals surface area contributed by atoms with E-state index in [-0.39, 0.29) is 11.7 Å². The van der Waals surface area contributed by atoms with Crippen molar-refractivity contribution in [3.8, 4) is 0 Å². The molecule has 0 bridgehead atoms. The molecule has 27 heavy (non-hydrogen) atoms. The molecule has 3 amide bonds. The van der Waals surface area contributed by atoms with Crippen LogP contribution < -0.4 is 21.7 Å². The molecule has 0 fully saturated rings. The molecule has 0 heterocycles. The van der Waals surface area contributed by atoms with Gasteiger partial charge in [0.25, 0.3) is 0 Å². The van der Waals surface area contributed by atoms with Gasteiger partial charge in [0.05, 0.1) is 13.2 Å². The highest BCUT2D eigenvalue weighted by Gasteiger charge is 2.31. The molecule has 156 valence electrons. The van der Waals surface area contributed by atoms with Crippen LogP contribution in [0.3, 0.4) is 0 Å². The fourth-order valence-electron chi connectivity index (χ4n) is 1.96. The maximum Gasteiger partial charge on any atom is 0.327 e. The average molecular weight is 408 g/mol. The zero-order chi connectivity index (χ0) is 21.1. The highest BCUT2D eigenvalue weighted by Crippen LogP contribution is 2.09. The molecule has 0 saturated carbocycles. The molecule has 0 aromatic carbocycles. The Morgan fingerprint density at radius 1 is 0.963 bits per heavy atom. The third-order valence-corrected chi connectivity index (χ3v) is 4.30. The zero-order valence-corrected chi connectivity index (χ0v) is 16.1. The monoisotopic (exact) mass is 408 g/mol. The molecule has 5 unspecified atom stereocenters. The summed E-state index contributed by atoms with van der Waals surface area (Å²) in [5, 5.41) is 34.1. The predicted molar refractivity (Wildman–Crippen MR) is 98.9 cm³/mol. The largest absolute Gasteiger partial charge is 0.480 e. The Kier molecular flexibility index (Phi) is 11.6. The molecular weight excluding hydrogens is 380 g/mol. The van der Waals surface area contributed by atoms with Crippen molar-refractivity contribution in [2.24, 2.45) is 11.7 Å². The maximum atomic E-state index is 12.5. The van der Waals surface area contributed by atoms with Crippen molar-refractivity contribution in [2.75, 3.05) is 19.0 Å². The van der Waals surface area contributed by atoms with E-state index in [1.54, 1.807) is 13.8 Å². The van der Waals surface area contributed by atoms with E-state index >= 15 is 0 Å². The molecule has 0 rings (SSSR count). The lowest BCUT2D eigenvalue weighted by atomic mass is 9.97. The van der Waals surface area contributed by atoms with Crippen molar-refractivity contribution in [2.45, 2.75) is 44.4 Å². The second-order valence-corrected chi connectivity index (χ2v) is 6.35. The van der Waals surface area contributed by atoms with E-state index in [4.69, 9.17) is 15.9 Å². The summed E-state index contributed by atoms with van der Waals surface area (Å²) in [5.74, 6) is -4.25. The van der Waals surface area contributed by atoms with Crippen molar-refractivity contribution in [3.05, 3.63) is 0 Å². The number of carboxylic acids is 1. The topological polar surface area (TPSA) is 191 Å². The summed E-state index contributed by atoms with van der Waals surface area (Å²) in [6, 6.07) is -5.00. The molecule has 0 saturated heterocycles. The first kappa shape index (κ1) is 25.1. The Morgan fingerprint density at radius 3 is 1.93 bits per heavy atom. The van der Waals surface area contributed by atoms with Gasteiger partial charge in [-0.05, 0) is 5.92 Å². The van der Waals surface area contributed by atoms with Gasteiger partial charge in [-0.2, -0.15) is 12.6 Å². The summed E-state index contributed by atoms with van der Waals surface area (Å²) in [5.41, 5.74) is 5.42. The molecule has 11 nitrogen and oxygen atoms in total. The number of hydrogen-bond donors (Lipinski definition) is 8. The molecule has 8 N–H and O–H groups in total. The number of nitrogens with two attached hydrogens (primary N) is 1. The second kappa shape index (κ2) is 12.5. The molecule has 0 aliphatic rings. The van der Waals surface area contributed by atoms with E-state index in [0.29, 0.717) is 6.42 Å². The Hall–Kier alpha value is -1.89. The smallest absolute Gasteiger partial charge is 0.327 e. The zero-order valence-electron chi connectivity index (χ0n) is 15.2. The third-order valence-electron chi connectivity index (χ3n) is 3.94. The van der Waals surface area contributed by atoms with Crippen LogP contribution in [0.4, 0.5) is 0 Å². The Labute approximate surface area is 162 Å². The summed E-state index contributed by atoms with van der Waals surface area (Å²) in [4.78, 5) is 47.4. The number of aliphatic carboxylic acids is 1. The van der Waals surface area contributed by atoms with Gasteiger partial charge in [0, 0.05) is 5.75 Å². The van der Waals surface area contributed by atoms with Gasteiger partial charge in [-0.15, -0.1) is 0 Å². The quantitative estimate of drug-likeness (QED) is 0.155. The van der Waals surface area contributed by atoms with Gasteiger partial charge in [0.15, 0.2) is 0 Å². The van der Waals surface area contributed by atoms with Crippen molar-refractivity contribution in [3.63, 3.8) is 0 Å². The van der Waals surface area contributed by atoms with Crippen LogP contribution in [-0.2, 0) is 19.2 Å². The van der Waals surface area contributed by atoms with E-state index in [1.165, 1.54) is 0 Å². The molecule has 12 heteroatoms. The normalized spacial score (nSPS) is 16.4. The molecular formula is C15H28N4O7S. The third kappa shape index (κ3) is 8.12. The Balaban J connectivity index is 5.17. The second-order valence-electron chi connectivity index (χ2n) is 5.99. The fraction of sp³-hybridized carbons (Fsp3) is 0.733. The Morgan fingerprint density at radius 2 is 1.52 bits per heavy atom. The molecule has 0 aromatic rings. The number of hydrogen-bond acceptors (Lipinski definition) is 8. The van der Waals surface area contributed by atoms with Crippen molar-refractivity contribution in [1.29, 1.82) is 0 Å². The van der Waals surface area contributed by atoms with Gasteiger partial charge in [0.1, 0.15) is 24.2 Å². The van der Waals surface area contributed by atoms with Crippen molar-refractivity contribution < 1.29 is 34.5 Å². The van der Waals surface area contributed by atoms with Crippen molar-refractivity contribution in [1.82, 2.24) is 16.0 Å². The molecule has 0 aliphatic carbocycles. The number of aliphatic hydroxyl groups excluding tert-OH is 2. The van der Waals surface area contributed by atoms with Gasteiger partial charge in [0.2, 0.25) is 17.7 Å². The van der Waals surface area contributed by atoms with Gasteiger partial charge in [-0.25, -0.2) is 4.79 Å². The summed E-state index contributed by atoms with van der Waals surface area (Å²) < 4.78 is 0. The number of amides is 3. The number of nitrogens with one attached hydrogen (secondary N) is 3. The number of rotatable bonds is 12. The molecule has 0 radical (unpaired) electrons. The van der Waals surface area contributed by atoms with Crippen LogP contribution in [0.25, 0.3) is 0 Å². The van der Waals surface area contributed by atoms with Crippen LogP contribution in [0.2, 0.25) is 0 Å². The van der Waals surface area contributed by atoms with Gasteiger partial charge < -0.3 is 37.0 Å². The predicted octanol–water partition coefficient (Wildman–Crippen LogP) is -3.19. The number of carbonyl (C=O) groups excluding carboxylic acids is 3. The molecule has 5 atom stereocenters. The van der Waals surface area contributed by atoms with Gasteiger partial charge >= 0.3 is 5.97 Å².